The minimum Gasteiger partial charge on any atom is -0.484 e. The summed E-state index contributed by atoms with van der Waals surface area (Å²) in [7, 11) is 0. The van der Waals surface area contributed by atoms with Crippen molar-refractivity contribution in [2.75, 3.05) is 6.61 Å². The molecular formula is C16H21BrN2O2. The van der Waals surface area contributed by atoms with Crippen molar-refractivity contribution in [2.45, 2.75) is 39.5 Å². The summed E-state index contributed by atoms with van der Waals surface area (Å²) >= 11 is 3.43. The molecule has 0 saturated heterocycles. The zero-order valence-electron chi connectivity index (χ0n) is 12.5. The van der Waals surface area contributed by atoms with E-state index in [0.717, 1.165) is 28.6 Å². The van der Waals surface area contributed by atoms with Gasteiger partial charge in [-0.1, -0.05) is 22.9 Å². The minimum absolute atomic E-state index is 0.0192. The lowest BCUT2D eigenvalue weighted by molar-refractivity contribution is -0.123. The van der Waals surface area contributed by atoms with Crippen molar-refractivity contribution >= 4 is 27.5 Å². The van der Waals surface area contributed by atoms with Crippen LogP contribution in [0.3, 0.4) is 0 Å². The quantitative estimate of drug-likeness (QED) is 0.819. The van der Waals surface area contributed by atoms with E-state index < -0.39 is 0 Å². The van der Waals surface area contributed by atoms with Crippen molar-refractivity contribution in [3.8, 4) is 5.75 Å². The fourth-order valence-corrected chi connectivity index (χ4v) is 2.76. The van der Waals surface area contributed by atoms with Crippen molar-refractivity contribution in [1.82, 2.24) is 5.43 Å². The molecule has 21 heavy (non-hydrogen) atoms. The summed E-state index contributed by atoms with van der Waals surface area (Å²) in [6, 6.07) is 5.64. The Labute approximate surface area is 134 Å². The molecule has 1 aromatic carbocycles. The van der Waals surface area contributed by atoms with Crippen LogP contribution < -0.4 is 10.2 Å². The van der Waals surface area contributed by atoms with Gasteiger partial charge in [0.05, 0.1) is 0 Å². The zero-order valence-corrected chi connectivity index (χ0v) is 14.1. The number of aryl methyl sites for hydroxylation is 1. The van der Waals surface area contributed by atoms with Crippen LogP contribution in [-0.2, 0) is 4.79 Å². The van der Waals surface area contributed by atoms with E-state index in [-0.39, 0.29) is 12.5 Å². The van der Waals surface area contributed by atoms with E-state index in [2.05, 4.69) is 33.4 Å². The van der Waals surface area contributed by atoms with Crippen LogP contribution in [0.4, 0.5) is 0 Å². The molecule has 0 heterocycles. The maximum Gasteiger partial charge on any atom is 0.277 e. The number of nitrogens with one attached hydrogen (secondary N) is 1. The van der Waals surface area contributed by atoms with Crippen LogP contribution in [0.15, 0.2) is 27.8 Å². The van der Waals surface area contributed by atoms with Crippen LogP contribution in [0.25, 0.3) is 0 Å². The van der Waals surface area contributed by atoms with Gasteiger partial charge in [-0.25, -0.2) is 5.43 Å². The number of benzene rings is 1. The van der Waals surface area contributed by atoms with Gasteiger partial charge in [-0.15, -0.1) is 0 Å². The maximum atomic E-state index is 11.8. The molecule has 1 aliphatic rings. The highest BCUT2D eigenvalue weighted by Gasteiger charge is 2.20. The Hall–Kier alpha value is -1.36. The molecule has 0 aromatic heterocycles. The molecule has 5 heteroatoms. The molecule has 2 rings (SSSR count). The van der Waals surface area contributed by atoms with E-state index in [1.54, 1.807) is 0 Å². The molecule has 1 N–H and O–H groups in total. The topological polar surface area (TPSA) is 50.7 Å². The van der Waals surface area contributed by atoms with Gasteiger partial charge >= 0.3 is 0 Å². The van der Waals surface area contributed by atoms with Crippen LogP contribution in [0.5, 0.6) is 5.75 Å². The third kappa shape index (κ3) is 4.56. The first-order valence-corrected chi connectivity index (χ1v) is 8.13. The fourth-order valence-electron chi connectivity index (χ4n) is 2.51. The van der Waals surface area contributed by atoms with E-state index >= 15 is 0 Å². The molecule has 0 aliphatic heterocycles. The Morgan fingerprint density at radius 2 is 2.33 bits per heavy atom. The summed E-state index contributed by atoms with van der Waals surface area (Å²) in [5.74, 6) is 0.996. The Bertz CT molecular complexity index is 543. The first-order valence-electron chi connectivity index (χ1n) is 7.34. The molecule has 1 amide bonds. The van der Waals surface area contributed by atoms with Gasteiger partial charge in [-0.05, 0) is 62.3 Å². The third-order valence-electron chi connectivity index (χ3n) is 3.77. The van der Waals surface area contributed by atoms with Gasteiger partial charge in [0.15, 0.2) is 6.61 Å². The first kappa shape index (κ1) is 16.0. The predicted molar refractivity (Wildman–Crippen MR) is 87.6 cm³/mol. The number of ether oxygens (including phenoxy) is 1. The highest BCUT2D eigenvalue weighted by atomic mass is 79.9. The number of halogens is 1. The zero-order chi connectivity index (χ0) is 15.2. The Balaban J connectivity index is 1.82. The molecule has 1 saturated carbocycles. The first-order chi connectivity index (χ1) is 10.1. The Kier molecular flexibility index (Phi) is 5.79. The van der Waals surface area contributed by atoms with Crippen LogP contribution in [0.2, 0.25) is 0 Å². The van der Waals surface area contributed by atoms with Crippen molar-refractivity contribution < 1.29 is 9.53 Å². The van der Waals surface area contributed by atoms with Gasteiger partial charge in [0.2, 0.25) is 0 Å². The fraction of sp³-hybridized carbons (Fsp3) is 0.500. The number of carbonyl (C=O) groups excluding carboxylic acids is 1. The Morgan fingerprint density at radius 1 is 1.52 bits per heavy atom. The summed E-state index contributed by atoms with van der Waals surface area (Å²) in [6.07, 6.45) is 4.43. The number of amides is 1. The van der Waals surface area contributed by atoms with E-state index in [0.29, 0.717) is 11.7 Å². The molecule has 1 atom stereocenters. The smallest absolute Gasteiger partial charge is 0.277 e. The van der Waals surface area contributed by atoms with Crippen molar-refractivity contribution in [2.24, 2.45) is 11.0 Å². The molecule has 0 radical (unpaired) electrons. The molecule has 1 aromatic rings. The average Bonchev–Trinajstić information content (AvgIpc) is 2.94. The van der Waals surface area contributed by atoms with Gasteiger partial charge in [-0.3, -0.25) is 4.79 Å². The molecule has 1 unspecified atom stereocenters. The lowest BCUT2D eigenvalue weighted by atomic mass is 10.0. The largest absolute Gasteiger partial charge is 0.484 e. The second-order valence-corrected chi connectivity index (χ2v) is 6.19. The minimum atomic E-state index is -0.218. The van der Waals surface area contributed by atoms with Crippen LogP contribution in [0.1, 0.15) is 38.2 Å². The Morgan fingerprint density at radius 3 is 3.05 bits per heavy atom. The van der Waals surface area contributed by atoms with Crippen molar-refractivity contribution in [1.29, 1.82) is 0 Å². The summed E-state index contributed by atoms with van der Waals surface area (Å²) in [5.41, 5.74) is 4.79. The third-order valence-corrected chi connectivity index (χ3v) is 4.66. The lowest BCUT2D eigenvalue weighted by Gasteiger charge is -2.09. The standard InChI is InChI=1S/C16H21BrN2O2/c1-3-12-5-4-6-15(12)18-19-16(20)10-21-13-7-8-14(17)11(2)9-13/h7-9,12H,3-6,10H2,1-2H3,(H,19,20)/b18-15+. The second kappa shape index (κ2) is 7.59. The SMILES string of the molecule is CCC1CCC/C1=N\NC(=O)COc1ccc(Br)c(C)c1. The van der Waals surface area contributed by atoms with E-state index in [1.807, 2.05) is 25.1 Å². The average molecular weight is 353 g/mol. The van der Waals surface area contributed by atoms with Crippen molar-refractivity contribution in [3.05, 3.63) is 28.2 Å². The summed E-state index contributed by atoms with van der Waals surface area (Å²) in [5, 5.41) is 4.25. The summed E-state index contributed by atoms with van der Waals surface area (Å²) in [4.78, 5) is 11.8. The van der Waals surface area contributed by atoms with Crippen LogP contribution in [0, 0.1) is 12.8 Å². The molecule has 1 aliphatic carbocycles. The molecule has 0 bridgehead atoms. The lowest BCUT2D eigenvalue weighted by Crippen LogP contribution is -2.26. The number of hydrazone groups is 1. The van der Waals surface area contributed by atoms with E-state index in [9.17, 15) is 4.79 Å². The van der Waals surface area contributed by atoms with Gasteiger partial charge in [0.1, 0.15) is 5.75 Å². The molecule has 1 fully saturated rings. The number of nitrogens with zero attached hydrogens (tertiary/aromatic N) is 1. The summed E-state index contributed by atoms with van der Waals surface area (Å²) < 4.78 is 6.50. The summed E-state index contributed by atoms with van der Waals surface area (Å²) in [6.45, 7) is 4.12. The van der Waals surface area contributed by atoms with Gasteiger partial charge in [-0.2, -0.15) is 5.10 Å². The van der Waals surface area contributed by atoms with E-state index in [4.69, 9.17) is 4.74 Å². The molecular weight excluding hydrogens is 332 g/mol. The van der Waals surface area contributed by atoms with E-state index in [1.165, 1.54) is 12.8 Å². The van der Waals surface area contributed by atoms with Gasteiger partial charge < -0.3 is 4.74 Å². The number of hydrogen-bond acceptors (Lipinski definition) is 3. The molecule has 114 valence electrons. The number of hydrogen-bond donors (Lipinski definition) is 1. The predicted octanol–water partition coefficient (Wildman–Crippen LogP) is 3.82. The van der Waals surface area contributed by atoms with Gasteiger partial charge in [0.25, 0.3) is 5.91 Å². The monoisotopic (exact) mass is 352 g/mol. The second-order valence-electron chi connectivity index (χ2n) is 5.34. The van der Waals surface area contributed by atoms with Gasteiger partial charge in [0, 0.05) is 10.2 Å². The molecule has 4 nitrogen and oxygen atoms in total. The number of rotatable bonds is 5. The number of carbonyl (C=O) groups is 1. The van der Waals surface area contributed by atoms with Crippen LogP contribution >= 0.6 is 15.9 Å². The van der Waals surface area contributed by atoms with Crippen molar-refractivity contribution in [3.63, 3.8) is 0 Å². The highest BCUT2D eigenvalue weighted by molar-refractivity contribution is 9.10. The normalized spacial score (nSPS) is 19.8. The highest BCUT2D eigenvalue weighted by Crippen LogP contribution is 2.25. The molecule has 0 spiro atoms. The van der Waals surface area contributed by atoms with Crippen LogP contribution in [-0.4, -0.2) is 18.2 Å². The maximum absolute atomic E-state index is 11.8.